The van der Waals surface area contributed by atoms with Crippen LogP contribution in [0.3, 0.4) is 0 Å². The number of hydrogen-bond donors (Lipinski definition) is 0. The molecule has 1 aromatic rings. The van der Waals surface area contributed by atoms with Crippen LogP contribution in [0.4, 0.5) is 5.82 Å². The lowest BCUT2D eigenvalue weighted by Crippen LogP contribution is -2.37. The van der Waals surface area contributed by atoms with Crippen LogP contribution in [0.2, 0.25) is 0 Å². The van der Waals surface area contributed by atoms with Gasteiger partial charge in [0.25, 0.3) is 0 Å². The first kappa shape index (κ1) is 14.6. The van der Waals surface area contributed by atoms with Crippen molar-refractivity contribution >= 4 is 17.9 Å². The molecular weight excluding hydrogens is 252 g/mol. The Morgan fingerprint density at radius 2 is 2.25 bits per heavy atom. The van der Waals surface area contributed by atoms with E-state index in [1.54, 1.807) is 6.08 Å². The van der Waals surface area contributed by atoms with Gasteiger partial charge in [0.2, 0.25) is 0 Å². The molecule has 0 N–H and O–H groups in total. The first-order chi connectivity index (χ1) is 9.65. The summed E-state index contributed by atoms with van der Waals surface area (Å²) in [6.45, 7) is 9.83. The highest BCUT2D eigenvalue weighted by Crippen LogP contribution is 2.25. The summed E-state index contributed by atoms with van der Waals surface area (Å²) >= 11 is 0. The largest absolute Gasteiger partial charge is 0.466 e. The molecule has 4 nitrogen and oxygen atoms in total. The quantitative estimate of drug-likeness (QED) is 0.792. The lowest BCUT2D eigenvalue weighted by molar-refractivity contribution is -0.148. The van der Waals surface area contributed by atoms with Crippen molar-refractivity contribution in [1.29, 1.82) is 0 Å². The average molecular weight is 274 g/mol. The topological polar surface area (TPSA) is 42.4 Å². The van der Waals surface area contributed by atoms with Crippen LogP contribution in [0.25, 0.3) is 6.08 Å². The van der Waals surface area contributed by atoms with E-state index in [2.05, 4.69) is 29.5 Å². The number of piperidine rings is 1. The lowest BCUT2D eigenvalue weighted by atomic mass is 9.96. The zero-order chi connectivity index (χ0) is 14.5. The van der Waals surface area contributed by atoms with Crippen molar-refractivity contribution in [3.63, 3.8) is 0 Å². The van der Waals surface area contributed by atoms with Gasteiger partial charge in [-0.25, -0.2) is 4.98 Å². The highest BCUT2D eigenvalue weighted by atomic mass is 16.5. The summed E-state index contributed by atoms with van der Waals surface area (Å²) in [5.41, 5.74) is 2.18. The fourth-order valence-electron chi connectivity index (χ4n) is 2.62. The Balaban J connectivity index is 2.00. The van der Waals surface area contributed by atoms with Crippen molar-refractivity contribution in [3.8, 4) is 0 Å². The molecule has 4 heteroatoms. The Morgan fingerprint density at radius 1 is 1.55 bits per heavy atom. The number of aryl methyl sites for hydroxylation is 1. The number of aromatic nitrogens is 1. The molecule has 0 aliphatic carbocycles. The fraction of sp³-hybridized carbons (Fsp3) is 0.500. The number of rotatable bonds is 4. The molecule has 0 radical (unpaired) electrons. The van der Waals surface area contributed by atoms with Crippen molar-refractivity contribution < 1.29 is 9.53 Å². The fourth-order valence-corrected chi connectivity index (χ4v) is 2.62. The lowest BCUT2D eigenvalue weighted by Gasteiger charge is -2.32. The van der Waals surface area contributed by atoms with Gasteiger partial charge in [0.05, 0.1) is 12.5 Å². The van der Waals surface area contributed by atoms with E-state index >= 15 is 0 Å². The molecule has 0 amide bonds. The molecule has 1 fully saturated rings. The van der Waals surface area contributed by atoms with Crippen LogP contribution in [0.5, 0.6) is 0 Å². The van der Waals surface area contributed by atoms with Crippen LogP contribution in [0.1, 0.15) is 30.9 Å². The number of carbonyl (C=O) groups excluding carboxylic acids is 1. The molecule has 0 aromatic carbocycles. The second-order valence-corrected chi connectivity index (χ2v) is 5.13. The Labute approximate surface area is 120 Å². The number of esters is 1. The summed E-state index contributed by atoms with van der Waals surface area (Å²) in [5.74, 6) is 0.996. The Bertz CT molecular complexity index is 491. The van der Waals surface area contributed by atoms with Crippen molar-refractivity contribution in [2.24, 2.45) is 5.92 Å². The molecule has 0 saturated carbocycles. The minimum atomic E-state index is -0.0566. The molecule has 2 rings (SSSR count). The summed E-state index contributed by atoms with van der Waals surface area (Å²) in [5, 5.41) is 0. The number of nitrogens with zero attached hydrogens (tertiary/aromatic N) is 2. The molecule has 1 aliphatic heterocycles. The maximum atomic E-state index is 11.7. The number of ether oxygens (including phenoxy) is 1. The monoisotopic (exact) mass is 274 g/mol. The molecule has 0 spiro atoms. The van der Waals surface area contributed by atoms with Crippen LogP contribution in [-0.2, 0) is 9.53 Å². The molecule has 2 heterocycles. The summed E-state index contributed by atoms with van der Waals surface area (Å²) in [4.78, 5) is 18.5. The van der Waals surface area contributed by atoms with Gasteiger partial charge in [-0.1, -0.05) is 12.7 Å². The minimum absolute atomic E-state index is 0.0407. The second-order valence-electron chi connectivity index (χ2n) is 5.13. The predicted molar refractivity (Wildman–Crippen MR) is 80.6 cm³/mol. The van der Waals surface area contributed by atoms with Gasteiger partial charge in [-0.3, -0.25) is 4.79 Å². The normalized spacial score (nSPS) is 16.0. The Morgan fingerprint density at radius 3 is 2.80 bits per heavy atom. The highest BCUT2D eigenvalue weighted by molar-refractivity contribution is 5.72. The van der Waals surface area contributed by atoms with Crippen LogP contribution in [-0.4, -0.2) is 30.6 Å². The van der Waals surface area contributed by atoms with Gasteiger partial charge in [0.15, 0.2) is 0 Å². The van der Waals surface area contributed by atoms with E-state index in [-0.39, 0.29) is 11.9 Å². The van der Waals surface area contributed by atoms with Gasteiger partial charge in [-0.2, -0.15) is 0 Å². The van der Waals surface area contributed by atoms with Crippen LogP contribution < -0.4 is 4.90 Å². The molecule has 20 heavy (non-hydrogen) atoms. The molecular formula is C16H22N2O2. The van der Waals surface area contributed by atoms with E-state index in [1.807, 2.05) is 13.1 Å². The second kappa shape index (κ2) is 6.55. The van der Waals surface area contributed by atoms with Gasteiger partial charge in [0.1, 0.15) is 5.82 Å². The van der Waals surface area contributed by atoms with Crippen LogP contribution in [0.15, 0.2) is 18.8 Å². The summed E-state index contributed by atoms with van der Waals surface area (Å²) in [7, 11) is 0. The standard InChI is InChI=1S/C16H22N2O2/c1-4-13-10-12(3)15(17-11-13)18-8-6-14(7-9-18)16(19)20-5-2/h4,10-11,14H,1,5-9H2,2-3H3. The smallest absolute Gasteiger partial charge is 0.309 e. The first-order valence-corrected chi connectivity index (χ1v) is 7.16. The van der Waals surface area contributed by atoms with Crippen molar-refractivity contribution in [2.45, 2.75) is 26.7 Å². The number of carbonyl (C=O) groups is 1. The summed E-state index contributed by atoms with van der Waals surface area (Å²) in [6.07, 6.45) is 5.32. The molecule has 0 bridgehead atoms. The minimum Gasteiger partial charge on any atom is -0.466 e. The highest BCUT2D eigenvalue weighted by Gasteiger charge is 2.27. The third-order valence-corrected chi connectivity index (χ3v) is 3.72. The Hall–Kier alpha value is -1.84. The van der Waals surface area contributed by atoms with Crippen molar-refractivity contribution in [1.82, 2.24) is 4.98 Å². The van der Waals surface area contributed by atoms with Gasteiger partial charge >= 0.3 is 5.97 Å². The van der Waals surface area contributed by atoms with Gasteiger partial charge in [0, 0.05) is 19.3 Å². The molecule has 0 unspecified atom stereocenters. The molecule has 0 atom stereocenters. The van der Waals surface area contributed by atoms with E-state index in [4.69, 9.17) is 4.74 Å². The third kappa shape index (κ3) is 3.18. The molecule has 1 aliphatic rings. The van der Waals surface area contributed by atoms with Crippen LogP contribution >= 0.6 is 0 Å². The van der Waals surface area contributed by atoms with Crippen molar-refractivity contribution in [3.05, 3.63) is 30.0 Å². The maximum absolute atomic E-state index is 11.7. The van der Waals surface area contributed by atoms with Crippen LogP contribution in [0, 0.1) is 12.8 Å². The average Bonchev–Trinajstić information content (AvgIpc) is 2.47. The van der Waals surface area contributed by atoms with E-state index in [0.29, 0.717) is 6.61 Å². The SMILES string of the molecule is C=Cc1cnc(N2CCC(C(=O)OCC)CC2)c(C)c1. The molecule has 108 valence electrons. The number of pyridine rings is 1. The molecule has 1 saturated heterocycles. The summed E-state index contributed by atoms with van der Waals surface area (Å²) in [6, 6.07) is 2.09. The van der Waals surface area contributed by atoms with Gasteiger partial charge in [-0.05, 0) is 43.9 Å². The van der Waals surface area contributed by atoms with E-state index in [0.717, 1.165) is 42.9 Å². The number of anilines is 1. The maximum Gasteiger partial charge on any atom is 0.309 e. The van der Waals surface area contributed by atoms with Gasteiger partial charge in [-0.15, -0.1) is 0 Å². The number of hydrogen-bond acceptors (Lipinski definition) is 4. The zero-order valence-electron chi connectivity index (χ0n) is 12.3. The molecule has 1 aromatic heterocycles. The summed E-state index contributed by atoms with van der Waals surface area (Å²) < 4.78 is 5.09. The van der Waals surface area contributed by atoms with E-state index in [9.17, 15) is 4.79 Å². The van der Waals surface area contributed by atoms with Gasteiger partial charge < -0.3 is 9.64 Å². The van der Waals surface area contributed by atoms with Crippen molar-refractivity contribution in [2.75, 3.05) is 24.6 Å². The first-order valence-electron chi connectivity index (χ1n) is 7.16. The zero-order valence-corrected chi connectivity index (χ0v) is 12.3. The predicted octanol–water partition coefficient (Wildman–Crippen LogP) is 2.81. The van der Waals surface area contributed by atoms with E-state index < -0.39 is 0 Å². The third-order valence-electron chi connectivity index (χ3n) is 3.72. The Kier molecular flexibility index (Phi) is 4.77. The van der Waals surface area contributed by atoms with E-state index in [1.165, 1.54) is 0 Å².